The van der Waals surface area contributed by atoms with E-state index in [0.29, 0.717) is 0 Å². The van der Waals surface area contributed by atoms with Crippen LogP contribution in [0.4, 0.5) is 0 Å². The van der Waals surface area contributed by atoms with Gasteiger partial charge in [0.2, 0.25) is 0 Å². The molecule has 1 nitrogen and oxygen atoms in total. The van der Waals surface area contributed by atoms with Gasteiger partial charge in [-0.1, -0.05) is 147 Å². The van der Waals surface area contributed by atoms with E-state index in [2.05, 4.69) is 153 Å². The molecule has 0 N–H and O–H groups in total. The molecule has 0 spiro atoms. The molecule has 0 saturated heterocycles. The van der Waals surface area contributed by atoms with E-state index < -0.39 is 0 Å². The van der Waals surface area contributed by atoms with Crippen molar-refractivity contribution in [3.63, 3.8) is 0 Å². The van der Waals surface area contributed by atoms with Crippen molar-refractivity contribution in [3.05, 3.63) is 151 Å². The maximum absolute atomic E-state index is 5.37. The van der Waals surface area contributed by atoms with Crippen LogP contribution in [-0.4, -0.2) is 4.98 Å². The van der Waals surface area contributed by atoms with Gasteiger partial charge in [0.25, 0.3) is 0 Å². The molecule has 0 bridgehead atoms. The molecule has 0 saturated carbocycles. The number of fused-ring (bicyclic) bond motifs is 9. The van der Waals surface area contributed by atoms with Crippen LogP contribution in [0, 0.1) is 0 Å². The molecule has 0 radical (unpaired) electrons. The van der Waals surface area contributed by atoms with Crippen molar-refractivity contribution in [1.82, 2.24) is 4.98 Å². The summed E-state index contributed by atoms with van der Waals surface area (Å²) in [4.78, 5) is 5.37. The van der Waals surface area contributed by atoms with Gasteiger partial charge in [-0.05, 0) is 83.2 Å². The van der Waals surface area contributed by atoms with Gasteiger partial charge < -0.3 is 0 Å². The molecular weight excluding hydrogens is 542 g/mol. The van der Waals surface area contributed by atoms with Crippen LogP contribution in [0.5, 0.6) is 0 Å². The number of hydrogen-bond acceptors (Lipinski definition) is 1. The normalized spacial score (nSPS) is 13.7. The van der Waals surface area contributed by atoms with Crippen molar-refractivity contribution in [2.24, 2.45) is 0 Å². The second-order valence-corrected chi connectivity index (χ2v) is 13.1. The summed E-state index contributed by atoms with van der Waals surface area (Å²) in [6.07, 6.45) is 0. The molecule has 2 aliphatic carbocycles. The van der Waals surface area contributed by atoms with E-state index in [4.69, 9.17) is 4.98 Å². The Morgan fingerprint density at radius 2 is 1.07 bits per heavy atom. The number of aromatic nitrogens is 1. The second-order valence-electron chi connectivity index (χ2n) is 13.1. The molecule has 1 heteroatoms. The van der Waals surface area contributed by atoms with E-state index in [9.17, 15) is 0 Å². The Bertz CT molecular complexity index is 2520. The van der Waals surface area contributed by atoms with E-state index in [1.807, 2.05) is 0 Å². The highest BCUT2D eigenvalue weighted by Crippen LogP contribution is 2.54. The third-order valence-electron chi connectivity index (χ3n) is 10.4. The van der Waals surface area contributed by atoms with Crippen LogP contribution in [0.25, 0.3) is 88.2 Å². The quantitative estimate of drug-likeness (QED) is 0.188. The van der Waals surface area contributed by atoms with Gasteiger partial charge >= 0.3 is 0 Å². The molecule has 10 rings (SSSR count). The second kappa shape index (κ2) is 8.77. The zero-order chi connectivity index (χ0) is 29.9. The maximum atomic E-state index is 5.37. The number of rotatable bonds is 2. The highest BCUT2D eigenvalue weighted by atomic mass is 14.7. The van der Waals surface area contributed by atoms with Gasteiger partial charge in [-0.3, -0.25) is 0 Å². The minimum absolute atomic E-state index is 0.176. The summed E-state index contributed by atoms with van der Waals surface area (Å²) in [5.74, 6) is 0. The van der Waals surface area contributed by atoms with Gasteiger partial charge in [0.05, 0.1) is 11.2 Å². The van der Waals surface area contributed by atoms with Gasteiger partial charge in [-0.15, -0.1) is 0 Å². The van der Waals surface area contributed by atoms with Crippen LogP contribution in [0.3, 0.4) is 0 Å². The topological polar surface area (TPSA) is 12.9 Å². The lowest BCUT2D eigenvalue weighted by atomic mass is 9.78. The molecule has 1 aromatic heterocycles. The highest BCUT2D eigenvalue weighted by molar-refractivity contribution is 6.19. The van der Waals surface area contributed by atoms with Crippen molar-refractivity contribution in [2.45, 2.75) is 19.3 Å². The molecule has 0 atom stereocenters. The Morgan fingerprint density at radius 1 is 0.444 bits per heavy atom. The fraction of sp³-hybridized carbons (Fsp3) is 0.0682. The third kappa shape index (κ3) is 3.25. The molecule has 0 amide bonds. The number of nitrogens with zero attached hydrogens (tertiary/aromatic N) is 1. The SMILES string of the molecule is CC1(C)c2ccccc2-c2nc3ccc4ccccc4c3c(-c3ccc(-c4ccc5c6c(cccc46)-c4ccccc4-5)cc3)c21. The molecule has 7 aromatic carbocycles. The molecule has 0 aliphatic heterocycles. The molecule has 2 aliphatic rings. The van der Waals surface area contributed by atoms with Crippen molar-refractivity contribution >= 4 is 32.4 Å². The lowest BCUT2D eigenvalue weighted by molar-refractivity contribution is 0.662. The van der Waals surface area contributed by atoms with Crippen molar-refractivity contribution in [2.75, 3.05) is 0 Å². The van der Waals surface area contributed by atoms with Crippen molar-refractivity contribution in [1.29, 1.82) is 0 Å². The average Bonchev–Trinajstić information content (AvgIpc) is 3.54. The van der Waals surface area contributed by atoms with Crippen LogP contribution in [0.2, 0.25) is 0 Å². The predicted octanol–water partition coefficient (Wildman–Crippen LogP) is 11.8. The lowest BCUT2D eigenvalue weighted by Gasteiger charge is -2.25. The predicted molar refractivity (Wildman–Crippen MR) is 190 cm³/mol. The zero-order valence-electron chi connectivity index (χ0n) is 25.2. The van der Waals surface area contributed by atoms with E-state index in [1.54, 1.807) is 0 Å². The summed E-state index contributed by atoms with van der Waals surface area (Å²) in [6.45, 7) is 4.72. The van der Waals surface area contributed by atoms with Gasteiger partial charge in [-0.25, -0.2) is 4.98 Å². The lowest BCUT2D eigenvalue weighted by Crippen LogP contribution is -2.16. The molecule has 45 heavy (non-hydrogen) atoms. The van der Waals surface area contributed by atoms with Crippen LogP contribution in [0.15, 0.2) is 140 Å². The van der Waals surface area contributed by atoms with E-state index in [0.717, 1.165) is 11.2 Å². The fourth-order valence-electron chi connectivity index (χ4n) is 8.37. The molecule has 1 heterocycles. The smallest absolute Gasteiger partial charge is 0.0759 e. The van der Waals surface area contributed by atoms with Crippen LogP contribution in [0.1, 0.15) is 25.0 Å². The molecule has 210 valence electrons. The summed E-state index contributed by atoms with van der Waals surface area (Å²) in [7, 11) is 0. The van der Waals surface area contributed by atoms with E-state index in [1.165, 1.54) is 88.1 Å². The monoisotopic (exact) mass is 571 g/mol. The highest BCUT2D eigenvalue weighted by Gasteiger charge is 2.39. The third-order valence-corrected chi connectivity index (χ3v) is 10.4. The van der Waals surface area contributed by atoms with Gasteiger partial charge in [0.15, 0.2) is 0 Å². The first kappa shape index (κ1) is 24.9. The zero-order valence-corrected chi connectivity index (χ0v) is 25.2. The largest absolute Gasteiger partial charge is 0.247 e. The number of hydrogen-bond donors (Lipinski definition) is 0. The summed E-state index contributed by atoms with van der Waals surface area (Å²) < 4.78 is 0. The molecular formula is C44H29N. The summed E-state index contributed by atoms with van der Waals surface area (Å²) in [6, 6.07) is 51.5. The van der Waals surface area contributed by atoms with E-state index >= 15 is 0 Å². The molecule has 0 fully saturated rings. The van der Waals surface area contributed by atoms with Crippen molar-refractivity contribution in [3.8, 4) is 55.8 Å². The number of benzene rings is 7. The van der Waals surface area contributed by atoms with Crippen molar-refractivity contribution < 1.29 is 0 Å². The maximum Gasteiger partial charge on any atom is 0.0759 e. The summed E-state index contributed by atoms with van der Waals surface area (Å²) in [5, 5.41) is 6.41. The summed E-state index contributed by atoms with van der Waals surface area (Å²) >= 11 is 0. The van der Waals surface area contributed by atoms with Crippen LogP contribution >= 0.6 is 0 Å². The Labute approximate surface area is 262 Å². The van der Waals surface area contributed by atoms with Crippen LogP contribution in [-0.2, 0) is 5.41 Å². The first-order valence-electron chi connectivity index (χ1n) is 15.8. The Balaban J connectivity index is 1.22. The Kier molecular flexibility index (Phi) is 4.85. The fourth-order valence-corrected chi connectivity index (χ4v) is 8.37. The van der Waals surface area contributed by atoms with Crippen LogP contribution < -0.4 is 0 Å². The Morgan fingerprint density at radius 3 is 1.89 bits per heavy atom. The summed E-state index contributed by atoms with van der Waals surface area (Å²) in [5.41, 5.74) is 16.3. The Hall–Kier alpha value is -5.53. The first-order chi connectivity index (χ1) is 22.1. The van der Waals surface area contributed by atoms with E-state index in [-0.39, 0.29) is 5.41 Å². The first-order valence-corrected chi connectivity index (χ1v) is 15.8. The molecule has 0 unspecified atom stereocenters. The molecule has 8 aromatic rings. The van der Waals surface area contributed by atoms with Gasteiger partial charge in [0.1, 0.15) is 0 Å². The minimum Gasteiger partial charge on any atom is -0.247 e. The number of pyridine rings is 1. The average molecular weight is 572 g/mol. The standard InChI is InChI=1S/C44H29N/c1-44(2)37-17-8-7-14-36(37)43-42(44)39(41-30-11-4-3-10-26(30)22-25-38(41)45-43)28-20-18-27(19-21-28)29-23-24-35-32-13-6-5-12-31(32)34-16-9-15-33(29)40(34)35/h3-25H,1-2H3. The van der Waals surface area contributed by atoms with Gasteiger partial charge in [0, 0.05) is 16.4 Å². The van der Waals surface area contributed by atoms with Gasteiger partial charge in [-0.2, -0.15) is 0 Å². The minimum atomic E-state index is -0.176.